The third-order valence-electron chi connectivity index (χ3n) is 3.85. The van der Waals surface area contributed by atoms with E-state index in [1.807, 2.05) is 27.7 Å². The number of unbranched alkanes of at least 4 members (excludes halogenated alkanes) is 4. The molecule has 0 unspecified atom stereocenters. The van der Waals surface area contributed by atoms with Crippen molar-refractivity contribution in [1.29, 1.82) is 0 Å². The van der Waals surface area contributed by atoms with Crippen molar-refractivity contribution in [3.63, 3.8) is 0 Å². The van der Waals surface area contributed by atoms with Crippen molar-refractivity contribution in [3.05, 3.63) is 0 Å². The summed E-state index contributed by atoms with van der Waals surface area (Å²) >= 11 is -4.61. The minimum absolute atomic E-state index is 0.250. The summed E-state index contributed by atoms with van der Waals surface area (Å²) in [5.74, 6) is -1.28. The van der Waals surface area contributed by atoms with Gasteiger partial charge in [0.05, 0.1) is 0 Å². The van der Waals surface area contributed by atoms with Crippen LogP contribution in [0.5, 0.6) is 0 Å². The molecule has 0 aliphatic heterocycles. The maximum absolute atomic E-state index is 12.2. The summed E-state index contributed by atoms with van der Waals surface area (Å²) in [5.41, 5.74) is 0. The molecule has 0 spiro atoms. The van der Waals surface area contributed by atoms with Gasteiger partial charge < -0.3 is 0 Å². The van der Waals surface area contributed by atoms with Crippen molar-refractivity contribution >= 4 is 37.5 Å². The predicted molar refractivity (Wildman–Crippen MR) is 102 cm³/mol. The zero-order valence-electron chi connectivity index (χ0n) is 16.9. The van der Waals surface area contributed by atoms with Gasteiger partial charge in [-0.1, -0.05) is 0 Å². The standard InChI is InChI=1S/3C5H10O2.C4H9.Sn/c3*1-2-3-4-5(6)7;1-3-4-2;/h3*2-4H2,1H3,(H,6,7);1,3-4H2,2H3;/q;;;;+3/p-3. The van der Waals surface area contributed by atoms with Crippen molar-refractivity contribution in [3.8, 4) is 0 Å². The first-order valence-electron chi connectivity index (χ1n) is 10.1. The molecule has 0 radical (unpaired) electrons. The van der Waals surface area contributed by atoms with E-state index in [1.165, 1.54) is 0 Å². The van der Waals surface area contributed by atoms with Crippen LogP contribution in [0.4, 0.5) is 0 Å². The van der Waals surface area contributed by atoms with E-state index < -0.39 is 37.5 Å². The van der Waals surface area contributed by atoms with Crippen LogP contribution in [-0.4, -0.2) is 37.5 Å². The van der Waals surface area contributed by atoms with Gasteiger partial charge in [-0.25, -0.2) is 0 Å². The van der Waals surface area contributed by atoms with Gasteiger partial charge in [-0.3, -0.25) is 0 Å². The molecule has 0 amide bonds. The van der Waals surface area contributed by atoms with Crippen LogP contribution < -0.4 is 0 Å². The van der Waals surface area contributed by atoms with Crippen LogP contribution in [0.2, 0.25) is 4.44 Å². The molecule has 0 saturated heterocycles. The van der Waals surface area contributed by atoms with Crippen molar-refractivity contribution in [2.45, 2.75) is 103 Å². The van der Waals surface area contributed by atoms with Crippen molar-refractivity contribution in [1.82, 2.24) is 0 Å². The van der Waals surface area contributed by atoms with E-state index in [1.54, 1.807) is 0 Å². The number of carbonyl (C=O) groups is 3. The molecule has 0 aliphatic carbocycles. The second-order valence-electron chi connectivity index (χ2n) is 6.52. The first-order chi connectivity index (χ1) is 12.4. The van der Waals surface area contributed by atoms with Crippen LogP contribution in [0.3, 0.4) is 0 Å². The van der Waals surface area contributed by atoms with Gasteiger partial charge >= 0.3 is 164 Å². The monoisotopic (exact) mass is 480 g/mol. The number of hydrogen-bond acceptors (Lipinski definition) is 6. The molecule has 26 heavy (non-hydrogen) atoms. The number of hydrogen-bond donors (Lipinski definition) is 0. The SMILES string of the molecule is CCCCC(=O)[O][Sn]([CH2]CCC)([O]C(=O)CCCC)[O]C(=O)CCCC. The van der Waals surface area contributed by atoms with Crippen LogP contribution in [0, 0.1) is 0 Å². The molecule has 7 heteroatoms. The molecule has 0 aromatic carbocycles. The van der Waals surface area contributed by atoms with Crippen molar-refractivity contribution < 1.29 is 23.6 Å². The van der Waals surface area contributed by atoms with Crippen LogP contribution in [0.1, 0.15) is 98.3 Å². The van der Waals surface area contributed by atoms with Crippen molar-refractivity contribution in [2.75, 3.05) is 0 Å². The Kier molecular flexibility index (Phi) is 14.8. The molecule has 0 rings (SSSR count). The fourth-order valence-electron chi connectivity index (χ4n) is 2.25. The van der Waals surface area contributed by atoms with Gasteiger partial charge in [0.2, 0.25) is 0 Å². The molecular weight excluding hydrogens is 443 g/mol. The van der Waals surface area contributed by atoms with Gasteiger partial charge in [0.25, 0.3) is 0 Å². The number of carbonyl (C=O) groups excluding carboxylic acids is 3. The molecule has 0 heterocycles. The third kappa shape index (κ3) is 11.8. The van der Waals surface area contributed by atoms with E-state index in [2.05, 4.69) is 0 Å². The first kappa shape index (κ1) is 25.2. The van der Waals surface area contributed by atoms with E-state index >= 15 is 0 Å². The molecule has 0 aromatic heterocycles. The van der Waals surface area contributed by atoms with E-state index in [-0.39, 0.29) is 19.3 Å². The van der Waals surface area contributed by atoms with E-state index in [9.17, 15) is 14.4 Å². The Morgan fingerprint density at radius 2 is 0.885 bits per heavy atom. The molecular formula is C19H36O6Sn. The van der Waals surface area contributed by atoms with Crippen LogP contribution in [0.25, 0.3) is 0 Å². The fraction of sp³-hybridized carbons (Fsp3) is 0.842. The van der Waals surface area contributed by atoms with E-state index in [4.69, 9.17) is 9.22 Å². The Labute approximate surface area is 163 Å². The Morgan fingerprint density at radius 1 is 0.577 bits per heavy atom. The second-order valence-corrected chi connectivity index (χ2v) is 13.6. The molecule has 0 saturated carbocycles. The molecule has 0 aromatic rings. The molecule has 0 bridgehead atoms. The van der Waals surface area contributed by atoms with Crippen LogP contribution in [0.15, 0.2) is 0 Å². The summed E-state index contributed by atoms with van der Waals surface area (Å²) in [7, 11) is 0. The Hall–Kier alpha value is -0.791. The van der Waals surface area contributed by atoms with Gasteiger partial charge in [-0.2, -0.15) is 0 Å². The quantitative estimate of drug-likeness (QED) is 0.310. The summed E-state index contributed by atoms with van der Waals surface area (Å²) in [6.07, 6.45) is 6.95. The van der Waals surface area contributed by atoms with Crippen molar-refractivity contribution in [2.24, 2.45) is 0 Å². The Bertz CT molecular complexity index is 369. The van der Waals surface area contributed by atoms with Gasteiger partial charge in [-0.05, 0) is 0 Å². The number of rotatable bonds is 15. The van der Waals surface area contributed by atoms with E-state index in [0.29, 0.717) is 30.1 Å². The summed E-state index contributed by atoms with van der Waals surface area (Å²) in [4.78, 5) is 36.7. The van der Waals surface area contributed by atoms with Gasteiger partial charge in [0.1, 0.15) is 0 Å². The average Bonchev–Trinajstić information content (AvgIpc) is 2.61. The Morgan fingerprint density at radius 3 is 1.15 bits per heavy atom. The van der Waals surface area contributed by atoms with Gasteiger partial charge in [-0.15, -0.1) is 0 Å². The molecule has 0 fully saturated rings. The summed E-state index contributed by atoms with van der Waals surface area (Å²) < 4.78 is 17.2. The normalized spacial score (nSPS) is 11.1. The zero-order valence-corrected chi connectivity index (χ0v) is 19.8. The van der Waals surface area contributed by atoms with Crippen LogP contribution in [-0.2, 0) is 23.6 Å². The topological polar surface area (TPSA) is 78.9 Å². The summed E-state index contributed by atoms with van der Waals surface area (Å²) in [5, 5.41) is 0. The average molecular weight is 479 g/mol. The first-order valence-corrected chi connectivity index (χ1v) is 15.6. The van der Waals surface area contributed by atoms with Gasteiger partial charge in [0, 0.05) is 0 Å². The molecule has 0 atom stereocenters. The summed E-state index contributed by atoms with van der Waals surface area (Å²) in [6, 6.07) is 0. The molecule has 0 N–H and O–H groups in total. The molecule has 152 valence electrons. The van der Waals surface area contributed by atoms with Crippen LogP contribution >= 0.6 is 0 Å². The fourth-order valence-corrected chi connectivity index (χ4v) is 9.57. The zero-order chi connectivity index (χ0) is 19.8. The molecule has 6 nitrogen and oxygen atoms in total. The summed E-state index contributed by atoms with van der Waals surface area (Å²) in [6.45, 7) is 7.94. The third-order valence-corrected chi connectivity index (χ3v) is 11.2. The molecule has 0 aliphatic rings. The predicted octanol–water partition coefficient (Wildman–Crippen LogP) is 4.93. The minimum atomic E-state index is -4.61. The van der Waals surface area contributed by atoms with E-state index in [0.717, 1.165) is 25.7 Å². The maximum atomic E-state index is 12.2. The second kappa shape index (κ2) is 15.3. The van der Waals surface area contributed by atoms with Gasteiger partial charge in [0.15, 0.2) is 0 Å². The Balaban J connectivity index is 5.28.